The van der Waals surface area contributed by atoms with Crippen LogP contribution in [0.2, 0.25) is 0 Å². The maximum absolute atomic E-state index is 13.6. The zero-order valence-corrected chi connectivity index (χ0v) is 22.8. The van der Waals surface area contributed by atoms with Crippen molar-refractivity contribution in [2.75, 3.05) is 17.2 Å². The lowest BCUT2D eigenvalue weighted by molar-refractivity contribution is -0.115. The van der Waals surface area contributed by atoms with E-state index in [0.29, 0.717) is 23.0 Å². The Hall–Kier alpha value is -2.96. The number of benzene rings is 2. The first kappa shape index (κ1) is 26.1. The molecular formula is C30H37N3O2S. The molecule has 3 aromatic rings. The normalized spacial score (nSPS) is 15.3. The summed E-state index contributed by atoms with van der Waals surface area (Å²) in [4.78, 5) is 27.7. The van der Waals surface area contributed by atoms with Gasteiger partial charge < -0.3 is 16.0 Å². The molecule has 3 N–H and O–H groups in total. The number of carbonyl (C=O) groups is 2. The summed E-state index contributed by atoms with van der Waals surface area (Å²) in [7, 11) is 0. The highest BCUT2D eigenvalue weighted by Gasteiger charge is 2.34. The molecule has 6 heteroatoms. The molecule has 190 valence electrons. The lowest BCUT2D eigenvalue weighted by atomic mass is 9.72. The summed E-state index contributed by atoms with van der Waals surface area (Å²) >= 11 is 1.56. The lowest BCUT2D eigenvalue weighted by Gasteiger charge is -2.33. The monoisotopic (exact) mass is 503 g/mol. The molecule has 1 aliphatic rings. The fourth-order valence-electron chi connectivity index (χ4n) is 4.88. The molecule has 2 amide bonds. The molecule has 0 fully saturated rings. The summed E-state index contributed by atoms with van der Waals surface area (Å²) in [6.45, 7) is 11.7. The predicted octanol–water partition coefficient (Wildman–Crippen LogP) is 6.50. The van der Waals surface area contributed by atoms with E-state index in [1.165, 1.54) is 4.88 Å². The summed E-state index contributed by atoms with van der Waals surface area (Å²) in [5.74, 6) is 0.258. The average Bonchev–Trinajstić information content (AvgIpc) is 3.18. The molecule has 0 radical (unpaired) electrons. The molecule has 0 bridgehead atoms. The minimum atomic E-state index is -0.152. The van der Waals surface area contributed by atoms with E-state index < -0.39 is 0 Å². The van der Waals surface area contributed by atoms with Gasteiger partial charge in [-0.25, -0.2) is 0 Å². The Morgan fingerprint density at radius 2 is 1.78 bits per heavy atom. The number of anilines is 2. The molecule has 0 spiro atoms. The van der Waals surface area contributed by atoms with Gasteiger partial charge in [0, 0.05) is 17.1 Å². The highest BCUT2D eigenvalue weighted by atomic mass is 32.1. The molecule has 1 aliphatic carbocycles. The van der Waals surface area contributed by atoms with Crippen molar-refractivity contribution in [3.8, 4) is 0 Å². The van der Waals surface area contributed by atoms with Gasteiger partial charge in [-0.15, -0.1) is 11.3 Å². The second-order valence-electron chi connectivity index (χ2n) is 10.9. The molecule has 5 nitrogen and oxygen atoms in total. The van der Waals surface area contributed by atoms with Crippen LogP contribution in [0.15, 0.2) is 48.5 Å². The van der Waals surface area contributed by atoms with Gasteiger partial charge in [0.25, 0.3) is 5.91 Å². The van der Waals surface area contributed by atoms with Crippen LogP contribution in [-0.2, 0) is 24.2 Å². The second-order valence-corrected chi connectivity index (χ2v) is 12.0. The van der Waals surface area contributed by atoms with Gasteiger partial charge >= 0.3 is 0 Å². The van der Waals surface area contributed by atoms with Crippen molar-refractivity contribution >= 4 is 33.8 Å². The van der Waals surface area contributed by atoms with Gasteiger partial charge in [0.15, 0.2) is 0 Å². The number of thiophene rings is 1. The number of rotatable bonds is 7. The molecule has 0 saturated carbocycles. The van der Waals surface area contributed by atoms with Gasteiger partial charge in [0.2, 0.25) is 5.91 Å². The standard InChI is InChI=1S/C30H37N3O2S/c1-19-11-14-24(20(2)15-19)32-28(35)27-23-13-12-22(30(3,4)5)16-25(23)36-29(27)33-26(34)18-31-17-21-9-7-6-8-10-21/h6-11,14-15,22,31H,12-13,16-18H2,1-5H3,(H,32,35)(H,33,34)/t22-/m1/s1. The lowest BCUT2D eigenvalue weighted by Crippen LogP contribution is -2.28. The summed E-state index contributed by atoms with van der Waals surface area (Å²) in [5, 5.41) is 10.0. The first-order chi connectivity index (χ1) is 17.1. The topological polar surface area (TPSA) is 70.2 Å². The third-order valence-corrected chi connectivity index (χ3v) is 8.23. The molecule has 1 atom stereocenters. The van der Waals surface area contributed by atoms with E-state index in [0.717, 1.165) is 47.2 Å². The van der Waals surface area contributed by atoms with Gasteiger partial charge in [0.05, 0.1) is 12.1 Å². The van der Waals surface area contributed by atoms with Gasteiger partial charge in [-0.2, -0.15) is 0 Å². The van der Waals surface area contributed by atoms with Crippen LogP contribution in [0, 0.1) is 25.2 Å². The number of amides is 2. The quantitative estimate of drug-likeness (QED) is 0.345. The summed E-state index contributed by atoms with van der Waals surface area (Å²) in [5.41, 5.74) is 6.02. The van der Waals surface area contributed by atoms with Crippen molar-refractivity contribution in [2.24, 2.45) is 11.3 Å². The number of carbonyl (C=O) groups excluding carboxylic acids is 2. The number of aryl methyl sites for hydroxylation is 2. The Balaban J connectivity index is 1.55. The van der Waals surface area contributed by atoms with Crippen LogP contribution < -0.4 is 16.0 Å². The Morgan fingerprint density at radius 3 is 2.47 bits per heavy atom. The van der Waals surface area contributed by atoms with Crippen molar-refractivity contribution in [2.45, 2.75) is 60.4 Å². The minimum Gasteiger partial charge on any atom is -0.322 e. The molecule has 0 saturated heterocycles. The third kappa shape index (κ3) is 6.23. The molecule has 0 aliphatic heterocycles. The first-order valence-electron chi connectivity index (χ1n) is 12.7. The number of fused-ring (bicyclic) bond motifs is 1. The average molecular weight is 504 g/mol. The zero-order valence-electron chi connectivity index (χ0n) is 22.0. The van der Waals surface area contributed by atoms with Gasteiger partial charge in [-0.3, -0.25) is 9.59 Å². The van der Waals surface area contributed by atoms with E-state index in [9.17, 15) is 9.59 Å². The van der Waals surface area contributed by atoms with E-state index >= 15 is 0 Å². The van der Waals surface area contributed by atoms with Crippen LogP contribution in [0.3, 0.4) is 0 Å². The van der Waals surface area contributed by atoms with E-state index in [2.05, 4.69) is 42.8 Å². The SMILES string of the molecule is Cc1ccc(NC(=O)c2c(NC(=O)CNCc3ccccc3)sc3c2CC[C@@H](C(C)(C)C)C3)c(C)c1. The van der Waals surface area contributed by atoms with E-state index in [1.807, 2.05) is 56.3 Å². The summed E-state index contributed by atoms with van der Waals surface area (Å²) in [6, 6.07) is 16.0. The summed E-state index contributed by atoms with van der Waals surface area (Å²) in [6.07, 6.45) is 2.84. The molecule has 2 aromatic carbocycles. The number of nitrogens with one attached hydrogen (secondary N) is 3. The van der Waals surface area contributed by atoms with Crippen LogP contribution in [0.25, 0.3) is 0 Å². The summed E-state index contributed by atoms with van der Waals surface area (Å²) < 4.78 is 0. The Bertz CT molecular complexity index is 1240. The number of hydrogen-bond donors (Lipinski definition) is 3. The minimum absolute atomic E-state index is 0.141. The Kier molecular flexibility index (Phi) is 7.96. The van der Waals surface area contributed by atoms with Crippen LogP contribution in [0.5, 0.6) is 0 Å². The van der Waals surface area contributed by atoms with Crippen molar-refractivity contribution in [1.29, 1.82) is 0 Å². The van der Waals surface area contributed by atoms with E-state index in [-0.39, 0.29) is 23.8 Å². The second kappa shape index (κ2) is 11.0. The van der Waals surface area contributed by atoms with Crippen molar-refractivity contribution in [3.63, 3.8) is 0 Å². The zero-order chi connectivity index (χ0) is 25.9. The molecule has 1 heterocycles. The smallest absolute Gasteiger partial charge is 0.258 e. The van der Waals surface area contributed by atoms with Crippen LogP contribution in [0.1, 0.15) is 64.7 Å². The van der Waals surface area contributed by atoms with E-state index in [4.69, 9.17) is 0 Å². The molecule has 36 heavy (non-hydrogen) atoms. The van der Waals surface area contributed by atoms with Crippen molar-refractivity contribution in [1.82, 2.24) is 5.32 Å². The predicted molar refractivity (Wildman–Crippen MR) is 150 cm³/mol. The van der Waals surface area contributed by atoms with E-state index in [1.54, 1.807) is 11.3 Å². The largest absolute Gasteiger partial charge is 0.322 e. The first-order valence-corrected chi connectivity index (χ1v) is 13.5. The molecule has 1 aromatic heterocycles. The Morgan fingerprint density at radius 1 is 1.03 bits per heavy atom. The van der Waals surface area contributed by atoms with Gasteiger partial charge in [-0.1, -0.05) is 68.8 Å². The van der Waals surface area contributed by atoms with Crippen LogP contribution in [0.4, 0.5) is 10.7 Å². The van der Waals surface area contributed by atoms with Gasteiger partial charge in [-0.05, 0) is 67.2 Å². The Labute approximate surface area is 218 Å². The highest BCUT2D eigenvalue weighted by Crippen LogP contribution is 2.44. The van der Waals surface area contributed by atoms with Crippen molar-refractivity contribution in [3.05, 3.63) is 81.2 Å². The third-order valence-electron chi connectivity index (χ3n) is 7.06. The maximum atomic E-state index is 13.6. The number of hydrogen-bond acceptors (Lipinski definition) is 4. The fraction of sp³-hybridized carbons (Fsp3) is 0.400. The molecule has 4 rings (SSSR count). The van der Waals surface area contributed by atoms with Crippen molar-refractivity contribution < 1.29 is 9.59 Å². The maximum Gasteiger partial charge on any atom is 0.258 e. The fourth-order valence-corrected chi connectivity index (χ4v) is 6.22. The van der Waals surface area contributed by atoms with Crippen LogP contribution in [-0.4, -0.2) is 18.4 Å². The van der Waals surface area contributed by atoms with Crippen LogP contribution >= 0.6 is 11.3 Å². The van der Waals surface area contributed by atoms with Gasteiger partial charge in [0.1, 0.15) is 5.00 Å². The highest BCUT2D eigenvalue weighted by molar-refractivity contribution is 7.17. The molecule has 0 unspecified atom stereocenters. The molecular weight excluding hydrogens is 466 g/mol.